The number of phenols is 1. The monoisotopic (exact) mass is 294 g/mol. The summed E-state index contributed by atoms with van der Waals surface area (Å²) in [5.41, 5.74) is -0.00434. The summed E-state index contributed by atoms with van der Waals surface area (Å²) in [6.45, 7) is 3.17. The fraction of sp³-hybridized carbons (Fsp3) is 0.467. The molecule has 1 aliphatic rings. The molecule has 2 rings (SSSR count). The number of nitrogens with zero attached hydrogens (tertiary/aromatic N) is 1. The van der Waals surface area contributed by atoms with Gasteiger partial charge in [0.25, 0.3) is 5.91 Å². The van der Waals surface area contributed by atoms with Crippen LogP contribution in [-0.2, 0) is 4.79 Å². The largest absolute Gasteiger partial charge is 0.507 e. The third-order valence-electron chi connectivity index (χ3n) is 3.73. The van der Waals surface area contributed by atoms with Gasteiger partial charge >= 0.3 is 0 Å². The van der Waals surface area contributed by atoms with Crippen LogP contribution >= 0.6 is 0 Å². The minimum absolute atomic E-state index is 0.00434. The Balaban J connectivity index is 1.94. The van der Waals surface area contributed by atoms with Crippen molar-refractivity contribution < 1.29 is 19.1 Å². The zero-order chi connectivity index (χ0) is 15.4. The SMILES string of the molecule is CC(=O)NCC1CCN(C(=O)c2cc(F)ccc2O)CC1. The number of amides is 2. The molecule has 0 unspecified atom stereocenters. The maximum Gasteiger partial charge on any atom is 0.257 e. The molecule has 0 bridgehead atoms. The second-order valence-electron chi connectivity index (χ2n) is 5.33. The van der Waals surface area contributed by atoms with Gasteiger partial charge in [-0.15, -0.1) is 0 Å². The second kappa shape index (κ2) is 6.56. The van der Waals surface area contributed by atoms with Crippen molar-refractivity contribution in [1.29, 1.82) is 0 Å². The lowest BCUT2D eigenvalue weighted by Gasteiger charge is -2.32. The molecule has 0 atom stereocenters. The van der Waals surface area contributed by atoms with Gasteiger partial charge in [-0.1, -0.05) is 0 Å². The highest BCUT2D eigenvalue weighted by Gasteiger charge is 2.25. The lowest BCUT2D eigenvalue weighted by molar-refractivity contribution is -0.119. The van der Waals surface area contributed by atoms with E-state index in [1.165, 1.54) is 13.0 Å². The molecule has 21 heavy (non-hydrogen) atoms. The average Bonchev–Trinajstić information content (AvgIpc) is 2.47. The quantitative estimate of drug-likeness (QED) is 0.888. The van der Waals surface area contributed by atoms with E-state index < -0.39 is 5.82 Å². The average molecular weight is 294 g/mol. The molecule has 1 aromatic rings. The summed E-state index contributed by atoms with van der Waals surface area (Å²) in [4.78, 5) is 24.8. The summed E-state index contributed by atoms with van der Waals surface area (Å²) in [6.07, 6.45) is 1.56. The first-order valence-electron chi connectivity index (χ1n) is 6.99. The lowest BCUT2D eigenvalue weighted by Crippen LogP contribution is -2.41. The molecule has 1 aliphatic heterocycles. The molecule has 1 saturated heterocycles. The van der Waals surface area contributed by atoms with Crippen LogP contribution in [0.1, 0.15) is 30.1 Å². The smallest absolute Gasteiger partial charge is 0.257 e. The number of likely N-dealkylation sites (tertiary alicyclic amines) is 1. The second-order valence-corrected chi connectivity index (χ2v) is 5.33. The topological polar surface area (TPSA) is 69.6 Å². The summed E-state index contributed by atoms with van der Waals surface area (Å²) in [7, 11) is 0. The molecule has 0 aromatic heterocycles. The Morgan fingerprint density at radius 3 is 2.67 bits per heavy atom. The Hall–Kier alpha value is -2.11. The third-order valence-corrected chi connectivity index (χ3v) is 3.73. The van der Waals surface area contributed by atoms with Gasteiger partial charge in [0, 0.05) is 26.6 Å². The first-order chi connectivity index (χ1) is 9.97. The van der Waals surface area contributed by atoms with Gasteiger partial charge in [-0.05, 0) is 37.0 Å². The number of benzene rings is 1. The van der Waals surface area contributed by atoms with Crippen LogP contribution in [-0.4, -0.2) is 41.5 Å². The van der Waals surface area contributed by atoms with Crippen molar-refractivity contribution >= 4 is 11.8 Å². The van der Waals surface area contributed by atoms with E-state index in [0.717, 1.165) is 25.0 Å². The molecule has 1 heterocycles. The Labute approximate surface area is 122 Å². The van der Waals surface area contributed by atoms with Gasteiger partial charge in [-0.3, -0.25) is 9.59 Å². The van der Waals surface area contributed by atoms with Crippen LogP contribution < -0.4 is 5.32 Å². The van der Waals surface area contributed by atoms with Crippen molar-refractivity contribution in [3.05, 3.63) is 29.6 Å². The number of aromatic hydroxyl groups is 1. The molecular weight excluding hydrogens is 275 g/mol. The van der Waals surface area contributed by atoms with Gasteiger partial charge in [-0.25, -0.2) is 4.39 Å². The molecule has 5 nitrogen and oxygen atoms in total. The molecule has 6 heteroatoms. The molecular formula is C15H19FN2O3. The van der Waals surface area contributed by atoms with E-state index >= 15 is 0 Å². The number of nitrogens with one attached hydrogen (secondary N) is 1. The van der Waals surface area contributed by atoms with E-state index in [4.69, 9.17) is 0 Å². The highest BCUT2D eigenvalue weighted by atomic mass is 19.1. The maximum absolute atomic E-state index is 13.2. The number of halogens is 1. The zero-order valence-electron chi connectivity index (χ0n) is 11.9. The highest BCUT2D eigenvalue weighted by molar-refractivity contribution is 5.96. The number of carbonyl (C=O) groups excluding carboxylic acids is 2. The van der Waals surface area contributed by atoms with Gasteiger partial charge in [-0.2, -0.15) is 0 Å². The summed E-state index contributed by atoms with van der Waals surface area (Å²) in [6, 6.07) is 3.36. The minimum Gasteiger partial charge on any atom is -0.507 e. The standard InChI is InChI=1S/C15H19FN2O3/c1-10(19)17-9-11-4-6-18(7-5-11)15(21)13-8-12(16)2-3-14(13)20/h2-3,8,11,20H,4-7,9H2,1H3,(H,17,19). The Morgan fingerprint density at radius 1 is 1.38 bits per heavy atom. The van der Waals surface area contributed by atoms with Crippen molar-refractivity contribution in [3.63, 3.8) is 0 Å². The minimum atomic E-state index is -0.545. The molecule has 0 radical (unpaired) electrons. The predicted molar refractivity (Wildman–Crippen MR) is 75.4 cm³/mol. The van der Waals surface area contributed by atoms with Gasteiger partial charge in [0.1, 0.15) is 11.6 Å². The van der Waals surface area contributed by atoms with Gasteiger partial charge in [0.05, 0.1) is 5.56 Å². The summed E-state index contributed by atoms with van der Waals surface area (Å²) < 4.78 is 13.2. The number of rotatable bonds is 3. The zero-order valence-corrected chi connectivity index (χ0v) is 11.9. The number of piperidine rings is 1. The van der Waals surface area contributed by atoms with Gasteiger partial charge < -0.3 is 15.3 Å². The number of hydrogen-bond donors (Lipinski definition) is 2. The third kappa shape index (κ3) is 3.93. The Morgan fingerprint density at radius 2 is 2.05 bits per heavy atom. The van der Waals surface area contributed by atoms with E-state index in [0.29, 0.717) is 25.6 Å². The first kappa shape index (κ1) is 15.3. The number of phenolic OH excluding ortho intramolecular Hbond substituents is 1. The molecule has 0 spiro atoms. The molecule has 2 N–H and O–H groups in total. The molecule has 1 fully saturated rings. The maximum atomic E-state index is 13.2. The van der Waals surface area contributed by atoms with Crippen molar-refractivity contribution in [3.8, 4) is 5.75 Å². The van der Waals surface area contributed by atoms with Crippen molar-refractivity contribution in [1.82, 2.24) is 10.2 Å². The first-order valence-corrected chi connectivity index (χ1v) is 6.99. The van der Waals surface area contributed by atoms with E-state index in [-0.39, 0.29) is 23.1 Å². The predicted octanol–water partition coefficient (Wildman–Crippen LogP) is 1.52. The van der Waals surface area contributed by atoms with Crippen LogP contribution in [0.15, 0.2) is 18.2 Å². The van der Waals surface area contributed by atoms with E-state index in [1.54, 1.807) is 4.90 Å². The normalized spacial score (nSPS) is 15.8. The Kier molecular flexibility index (Phi) is 4.77. The van der Waals surface area contributed by atoms with Crippen LogP contribution in [0.5, 0.6) is 5.75 Å². The summed E-state index contributed by atoms with van der Waals surface area (Å²) in [5, 5.41) is 12.4. The summed E-state index contributed by atoms with van der Waals surface area (Å²) >= 11 is 0. The van der Waals surface area contributed by atoms with Gasteiger partial charge in [0.2, 0.25) is 5.91 Å². The van der Waals surface area contributed by atoms with Crippen molar-refractivity contribution in [2.45, 2.75) is 19.8 Å². The van der Waals surface area contributed by atoms with Crippen LogP contribution in [0.4, 0.5) is 4.39 Å². The van der Waals surface area contributed by atoms with Crippen LogP contribution in [0.2, 0.25) is 0 Å². The van der Waals surface area contributed by atoms with Crippen molar-refractivity contribution in [2.75, 3.05) is 19.6 Å². The molecule has 1 aromatic carbocycles. The Bertz CT molecular complexity index is 540. The van der Waals surface area contributed by atoms with Gasteiger partial charge in [0.15, 0.2) is 0 Å². The van der Waals surface area contributed by atoms with E-state index in [2.05, 4.69) is 5.32 Å². The number of carbonyl (C=O) groups is 2. The highest BCUT2D eigenvalue weighted by Crippen LogP contribution is 2.23. The van der Waals surface area contributed by atoms with Crippen LogP contribution in [0.3, 0.4) is 0 Å². The van der Waals surface area contributed by atoms with E-state index in [9.17, 15) is 19.1 Å². The molecule has 2 amide bonds. The van der Waals surface area contributed by atoms with Crippen LogP contribution in [0, 0.1) is 11.7 Å². The number of hydrogen-bond acceptors (Lipinski definition) is 3. The fourth-order valence-electron chi connectivity index (χ4n) is 2.48. The molecule has 0 aliphatic carbocycles. The summed E-state index contributed by atoms with van der Waals surface area (Å²) in [5.74, 6) is -0.819. The lowest BCUT2D eigenvalue weighted by atomic mass is 9.96. The van der Waals surface area contributed by atoms with Crippen molar-refractivity contribution in [2.24, 2.45) is 5.92 Å². The van der Waals surface area contributed by atoms with Crippen LogP contribution in [0.25, 0.3) is 0 Å². The molecule has 0 saturated carbocycles. The van der Waals surface area contributed by atoms with E-state index in [1.807, 2.05) is 0 Å². The molecule has 114 valence electrons. The fourth-order valence-corrected chi connectivity index (χ4v) is 2.48.